The first kappa shape index (κ1) is 19.7. The lowest BCUT2D eigenvalue weighted by molar-refractivity contribution is 0.0711. The van der Waals surface area contributed by atoms with Gasteiger partial charge in [-0.05, 0) is 54.3 Å². The van der Waals surface area contributed by atoms with E-state index in [0.29, 0.717) is 29.6 Å². The molecule has 2 fully saturated rings. The molecule has 3 heterocycles. The van der Waals surface area contributed by atoms with Gasteiger partial charge in [0.1, 0.15) is 11.4 Å². The number of amides is 1. The summed E-state index contributed by atoms with van der Waals surface area (Å²) in [6.07, 6.45) is 1.64. The van der Waals surface area contributed by atoms with Gasteiger partial charge in [0.25, 0.3) is 11.5 Å². The zero-order chi connectivity index (χ0) is 21.5. The van der Waals surface area contributed by atoms with Gasteiger partial charge in [0, 0.05) is 37.4 Å². The third kappa shape index (κ3) is 3.37. The molecule has 5 nitrogen and oxygen atoms in total. The number of pyridine rings is 1. The number of halogens is 1. The zero-order valence-corrected chi connectivity index (χ0v) is 17.3. The fourth-order valence-corrected chi connectivity index (χ4v) is 5.04. The van der Waals surface area contributed by atoms with Crippen LogP contribution in [0.25, 0.3) is 5.69 Å². The Morgan fingerprint density at radius 2 is 1.77 bits per heavy atom. The molecule has 3 atom stereocenters. The number of carbonyl (C=O) groups is 1. The SMILES string of the molecule is Cc1ccn(-c2ccc(F)cc2)c(=O)c1C(=O)N1C[C@@H]2CNC[C@@H]2[C@H]1c1ccccc1. The maximum absolute atomic E-state index is 13.8. The van der Waals surface area contributed by atoms with E-state index in [2.05, 4.69) is 17.4 Å². The molecule has 0 spiro atoms. The van der Waals surface area contributed by atoms with Crippen molar-refractivity contribution in [2.45, 2.75) is 13.0 Å². The molecule has 0 saturated carbocycles. The van der Waals surface area contributed by atoms with Crippen molar-refractivity contribution >= 4 is 5.91 Å². The summed E-state index contributed by atoms with van der Waals surface area (Å²) < 4.78 is 14.8. The highest BCUT2D eigenvalue weighted by Crippen LogP contribution is 2.43. The minimum atomic E-state index is -0.376. The first-order valence-electron chi connectivity index (χ1n) is 10.6. The maximum Gasteiger partial charge on any atom is 0.268 e. The van der Waals surface area contributed by atoms with Gasteiger partial charge in [-0.15, -0.1) is 0 Å². The lowest BCUT2D eigenvalue weighted by Gasteiger charge is -2.29. The number of nitrogens with one attached hydrogen (secondary N) is 1. The van der Waals surface area contributed by atoms with Gasteiger partial charge in [0.2, 0.25) is 0 Å². The Bertz CT molecular complexity index is 1170. The van der Waals surface area contributed by atoms with Gasteiger partial charge in [0.05, 0.1) is 6.04 Å². The molecule has 31 heavy (non-hydrogen) atoms. The summed E-state index contributed by atoms with van der Waals surface area (Å²) in [6.45, 7) is 4.16. The van der Waals surface area contributed by atoms with E-state index in [1.807, 2.05) is 23.1 Å². The van der Waals surface area contributed by atoms with Crippen LogP contribution in [0, 0.1) is 24.6 Å². The van der Waals surface area contributed by atoms with E-state index >= 15 is 0 Å². The predicted molar refractivity (Wildman–Crippen MR) is 117 cm³/mol. The van der Waals surface area contributed by atoms with Crippen molar-refractivity contribution in [3.8, 4) is 5.69 Å². The number of rotatable bonds is 3. The van der Waals surface area contributed by atoms with Gasteiger partial charge in [-0.2, -0.15) is 0 Å². The largest absolute Gasteiger partial charge is 0.331 e. The van der Waals surface area contributed by atoms with Crippen LogP contribution in [0.5, 0.6) is 0 Å². The fourth-order valence-electron chi connectivity index (χ4n) is 5.04. The van der Waals surface area contributed by atoms with E-state index in [-0.39, 0.29) is 28.9 Å². The van der Waals surface area contributed by atoms with Crippen molar-refractivity contribution in [2.75, 3.05) is 19.6 Å². The minimum absolute atomic E-state index is 0.0630. The molecule has 1 N–H and O–H groups in total. The summed E-state index contributed by atoms with van der Waals surface area (Å²) in [5.41, 5.74) is 2.08. The summed E-state index contributed by atoms with van der Waals surface area (Å²) in [5.74, 6) is 0.0949. The first-order chi connectivity index (χ1) is 15.0. The summed E-state index contributed by atoms with van der Waals surface area (Å²) in [6, 6.07) is 17.5. The standard InChI is InChI=1S/C25H24FN3O2/c1-16-11-12-28(20-9-7-19(26)8-10-20)24(30)22(16)25(31)29-15-18-13-27-14-21(18)23(29)17-5-3-2-4-6-17/h2-12,18,21,23,27H,13-15H2,1H3/t18-,21-,23+/m0/s1. The van der Waals surface area contributed by atoms with Gasteiger partial charge in [0.15, 0.2) is 0 Å². The Morgan fingerprint density at radius 3 is 2.52 bits per heavy atom. The van der Waals surface area contributed by atoms with Gasteiger partial charge in [-0.3, -0.25) is 14.2 Å². The van der Waals surface area contributed by atoms with Gasteiger partial charge in [-0.25, -0.2) is 4.39 Å². The van der Waals surface area contributed by atoms with Crippen molar-refractivity contribution in [1.29, 1.82) is 0 Å². The molecular formula is C25H24FN3O2. The summed E-state index contributed by atoms with van der Waals surface area (Å²) >= 11 is 0. The Hall–Kier alpha value is -3.25. The third-order valence-corrected chi connectivity index (χ3v) is 6.59. The van der Waals surface area contributed by atoms with E-state index in [1.54, 1.807) is 31.3 Å². The smallest absolute Gasteiger partial charge is 0.268 e. The molecule has 2 aliphatic rings. The Kier molecular flexibility index (Phi) is 4.94. The van der Waals surface area contributed by atoms with Crippen molar-refractivity contribution < 1.29 is 9.18 Å². The van der Waals surface area contributed by atoms with E-state index in [4.69, 9.17) is 0 Å². The number of aromatic nitrogens is 1. The van der Waals surface area contributed by atoms with Crippen molar-refractivity contribution in [2.24, 2.45) is 11.8 Å². The summed E-state index contributed by atoms with van der Waals surface area (Å²) in [4.78, 5) is 29.0. The van der Waals surface area contributed by atoms with Crippen molar-refractivity contribution in [3.63, 3.8) is 0 Å². The second-order valence-corrected chi connectivity index (χ2v) is 8.42. The molecular weight excluding hydrogens is 393 g/mol. The van der Waals surface area contributed by atoms with Gasteiger partial charge < -0.3 is 10.2 Å². The highest BCUT2D eigenvalue weighted by atomic mass is 19.1. The van der Waals surface area contributed by atoms with Crippen molar-refractivity contribution in [3.05, 3.63) is 99.7 Å². The lowest BCUT2D eigenvalue weighted by Crippen LogP contribution is -2.39. The van der Waals surface area contributed by atoms with E-state index in [9.17, 15) is 14.0 Å². The van der Waals surface area contributed by atoms with E-state index in [0.717, 1.165) is 18.7 Å². The highest BCUT2D eigenvalue weighted by Gasteiger charge is 2.47. The van der Waals surface area contributed by atoms with Crippen LogP contribution in [0.1, 0.15) is 27.5 Å². The molecule has 1 aromatic heterocycles. The van der Waals surface area contributed by atoms with Crippen LogP contribution in [0.15, 0.2) is 71.7 Å². The summed E-state index contributed by atoms with van der Waals surface area (Å²) in [5, 5.41) is 3.45. The molecule has 0 unspecified atom stereocenters. The van der Waals surface area contributed by atoms with Crippen LogP contribution in [-0.4, -0.2) is 35.0 Å². The number of nitrogens with zero attached hydrogens (tertiary/aromatic N) is 2. The molecule has 5 rings (SSSR count). The number of benzene rings is 2. The topological polar surface area (TPSA) is 54.3 Å². The molecule has 1 amide bonds. The van der Waals surface area contributed by atoms with E-state index < -0.39 is 0 Å². The average molecular weight is 417 g/mol. The maximum atomic E-state index is 13.8. The molecule has 3 aromatic rings. The highest BCUT2D eigenvalue weighted by molar-refractivity contribution is 5.96. The summed E-state index contributed by atoms with van der Waals surface area (Å²) in [7, 11) is 0. The van der Waals surface area contributed by atoms with Crippen LogP contribution in [-0.2, 0) is 0 Å². The molecule has 6 heteroatoms. The predicted octanol–water partition coefficient (Wildman–Crippen LogP) is 3.32. The number of carbonyl (C=O) groups excluding carboxylic acids is 1. The second-order valence-electron chi connectivity index (χ2n) is 8.42. The molecule has 2 saturated heterocycles. The van der Waals surface area contributed by atoms with Gasteiger partial charge in [-0.1, -0.05) is 30.3 Å². The molecule has 0 aliphatic carbocycles. The second kappa shape index (κ2) is 7.78. The number of aryl methyl sites for hydroxylation is 1. The number of fused-ring (bicyclic) bond motifs is 1. The monoisotopic (exact) mass is 417 g/mol. The molecule has 2 aromatic carbocycles. The minimum Gasteiger partial charge on any atom is -0.331 e. The Morgan fingerprint density at radius 1 is 1.03 bits per heavy atom. The normalized spacial score (nSPS) is 22.5. The molecule has 2 aliphatic heterocycles. The average Bonchev–Trinajstić information content (AvgIpc) is 3.36. The number of likely N-dealkylation sites (tertiary alicyclic amines) is 1. The van der Waals surface area contributed by atoms with Crippen LogP contribution < -0.4 is 10.9 Å². The third-order valence-electron chi connectivity index (χ3n) is 6.59. The Labute approximate surface area is 180 Å². The van der Waals surface area contributed by atoms with E-state index in [1.165, 1.54) is 16.7 Å². The lowest BCUT2D eigenvalue weighted by atomic mass is 9.89. The number of hydrogen-bond acceptors (Lipinski definition) is 3. The van der Waals surface area contributed by atoms with Gasteiger partial charge >= 0.3 is 0 Å². The van der Waals surface area contributed by atoms with Crippen LogP contribution in [0.3, 0.4) is 0 Å². The number of hydrogen-bond donors (Lipinski definition) is 1. The molecule has 0 bridgehead atoms. The zero-order valence-electron chi connectivity index (χ0n) is 17.3. The van der Waals surface area contributed by atoms with Crippen LogP contribution >= 0.6 is 0 Å². The van der Waals surface area contributed by atoms with Crippen molar-refractivity contribution in [1.82, 2.24) is 14.8 Å². The van der Waals surface area contributed by atoms with Crippen LogP contribution in [0.4, 0.5) is 4.39 Å². The van der Waals surface area contributed by atoms with Crippen LogP contribution in [0.2, 0.25) is 0 Å². The first-order valence-corrected chi connectivity index (χ1v) is 10.6. The molecule has 0 radical (unpaired) electrons. The molecule has 158 valence electrons. The quantitative estimate of drug-likeness (QED) is 0.711. The Balaban J connectivity index is 1.57. The fraction of sp³-hybridized carbons (Fsp3) is 0.280.